The molecule has 1 fully saturated rings. The Bertz CT molecular complexity index is 867. The van der Waals surface area contributed by atoms with E-state index in [1.807, 2.05) is 55.2 Å². The highest BCUT2D eigenvalue weighted by atomic mass is 35.5. The third-order valence-corrected chi connectivity index (χ3v) is 5.66. The molecule has 8 heteroatoms. The van der Waals surface area contributed by atoms with Gasteiger partial charge >= 0.3 is 0 Å². The topological polar surface area (TPSA) is 71.8 Å². The Morgan fingerprint density at radius 2 is 2.15 bits per heavy atom. The molecule has 1 saturated heterocycles. The number of hydrogen-bond donors (Lipinski definition) is 2. The Hall–Kier alpha value is -2.22. The first-order valence-electron chi connectivity index (χ1n) is 8.66. The lowest BCUT2D eigenvalue weighted by Crippen LogP contribution is -2.37. The molecular weight excluding hydrogens is 382 g/mol. The van der Waals surface area contributed by atoms with E-state index >= 15 is 0 Å². The van der Waals surface area contributed by atoms with Gasteiger partial charge in [0.1, 0.15) is 11.0 Å². The zero-order valence-electron chi connectivity index (χ0n) is 14.9. The number of thiazole rings is 1. The monoisotopic (exact) mass is 403 g/mol. The van der Waals surface area contributed by atoms with Gasteiger partial charge in [0.15, 0.2) is 0 Å². The molecule has 1 aromatic carbocycles. The van der Waals surface area contributed by atoms with E-state index in [1.54, 1.807) is 22.2 Å². The van der Waals surface area contributed by atoms with E-state index in [0.29, 0.717) is 6.54 Å². The molecule has 0 saturated carbocycles. The fourth-order valence-electron chi connectivity index (χ4n) is 3.50. The highest BCUT2D eigenvalue weighted by Crippen LogP contribution is 2.30. The third kappa shape index (κ3) is 4.21. The van der Waals surface area contributed by atoms with Crippen LogP contribution in [-0.4, -0.2) is 33.8 Å². The molecule has 0 spiro atoms. The summed E-state index contributed by atoms with van der Waals surface area (Å²) in [6.07, 6.45) is 5.62. The van der Waals surface area contributed by atoms with Crippen molar-refractivity contribution in [1.29, 1.82) is 0 Å². The van der Waals surface area contributed by atoms with E-state index in [1.165, 1.54) is 0 Å². The Morgan fingerprint density at radius 1 is 1.33 bits per heavy atom. The minimum absolute atomic E-state index is 0. The van der Waals surface area contributed by atoms with E-state index in [-0.39, 0.29) is 36.2 Å². The molecule has 1 aliphatic heterocycles. The zero-order chi connectivity index (χ0) is 17.9. The molecule has 1 unspecified atom stereocenters. The quantitative estimate of drug-likeness (QED) is 0.686. The van der Waals surface area contributed by atoms with Crippen LogP contribution in [-0.2, 0) is 11.8 Å². The number of halogens is 1. The largest absolute Gasteiger partial charge is 0.342 e. The minimum Gasteiger partial charge on any atom is -0.342 e. The fraction of sp³-hybridized carbons (Fsp3) is 0.316. The Labute approximate surface area is 168 Å². The van der Waals surface area contributed by atoms with E-state index in [9.17, 15) is 4.79 Å². The number of benzene rings is 1. The van der Waals surface area contributed by atoms with Gasteiger partial charge in [0.2, 0.25) is 5.91 Å². The van der Waals surface area contributed by atoms with Gasteiger partial charge < -0.3 is 10.6 Å². The summed E-state index contributed by atoms with van der Waals surface area (Å²) in [5.74, 6) is 0.0645. The number of carbonyl (C=O) groups excluding carboxylic acids is 1. The van der Waals surface area contributed by atoms with Crippen LogP contribution in [0.5, 0.6) is 0 Å². The first-order chi connectivity index (χ1) is 12.7. The molecule has 0 radical (unpaired) electrons. The average Bonchev–Trinajstić information content (AvgIpc) is 3.41. The standard InChI is InChI=1S/C19H21N5OS.ClH/c1-24-12-14(9-22-24)15-10-20-11-16(15)18(25)23-17(19-21-7-8-26-19)13-5-3-2-4-6-13;/h2-9,12,15-17,20H,10-11H2,1H3,(H,23,25);1H/t15-,16+,17?;/m1./s1. The minimum atomic E-state index is -0.223. The number of nitrogens with one attached hydrogen (secondary N) is 2. The van der Waals surface area contributed by atoms with Crippen molar-refractivity contribution in [2.45, 2.75) is 12.0 Å². The molecule has 0 aliphatic carbocycles. The Morgan fingerprint density at radius 3 is 2.81 bits per heavy atom. The molecule has 2 N–H and O–H groups in total. The second-order valence-electron chi connectivity index (χ2n) is 6.54. The van der Waals surface area contributed by atoms with Crippen LogP contribution < -0.4 is 10.6 Å². The van der Waals surface area contributed by atoms with Gasteiger partial charge in [-0.2, -0.15) is 5.10 Å². The lowest BCUT2D eigenvalue weighted by atomic mass is 9.90. The Kier molecular flexibility index (Phi) is 6.26. The molecule has 1 aliphatic rings. The number of rotatable bonds is 5. The Balaban J connectivity index is 0.00000210. The first-order valence-corrected chi connectivity index (χ1v) is 9.54. The van der Waals surface area contributed by atoms with E-state index in [0.717, 1.165) is 22.7 Å². The lowest BCUT2D eigenvalue weighted by molar-refractivity contribution is -0.125. The van der Waals surface area contributed by atoms with Crippen molar-refractivity contribution in [2.24, 2.45) is 13.0 Å². The van der Waals surface area contributed by atoms with Gasteiger partial charge in [-0.3, -0.25) is 9.48 Å². The number of nitrogens with zero attached hydrogens (tertiary/aromatic N) is 3. The number of carbonyl (C=O) groups is 1. The molecule has 6 nitrogen and oxygen atoms in total. The van der Waals surface area contributed by atoms with E-state index in [2.05, 4.69) is 20.7 Å². The molecule has 3 atom stereocenters. The van der Waals surface area contributed by atoms with Gasteiger partial charge in [0.05, 0.1) is 12.1 Å². The normalized spacial score (nSPS) is 20.0. The van der Waals surface area contributed by atoms with E-state index in [4.69, 9.17) is 0 Å². The molecule has 1 amide bonds. The van der Waals surface area contributed by atoms with Crippen molar-refractivity contribution in [3.63, 3.8) is 0 Å². The molecular formula is C19H22ClN5OS. The SMILES string of the molecule is Cl.Cn1cc([C@H]2CNC[C@@H]2C(=O)NC(c2ccccc2)c2nccs2)cn1. The highest BCUT2D eigenvalue weighted by Gasteiger charge is 2.36. The van der Waals surface area contributed by atoms with Gasteiger partial charge in [-0.05, 0) is 11.1 Å². The highest BCUT2D eigenvalue weighted by molar-refractivity contribution is 7.09. The van der Waals surface area contributed by atoms with Crippen LogP contribution in [0.2, 0.25) is 0 Å². The number of aryl methyl sites for hydroxylation is 1. The summed E-state index contributed by atoms with van der Waals surface area (Å²) in [6, 6.07) is 9.77. The summed E-state index contributed by atoms with van der Waals surface area (Å²) in [6.45, 7) is 1.46. The second-order valence-corrected chi connectivity index (χ2v) is 7.47. The van der Waals surface area contributed by atoms with Crippen LogP contribution in [0.1, 0.15) is 28.1 Å². The summed E-state index contributed by atoms with van der Waals surface area (Å²) >= 11 is 1.56. The van der Waals surface area contributed by atoms with Crippen molar-refractivity contribution >= 4 is 29.7 Å². The first kappa shape index (κ1) is 19.5. The van der Waals surface area contributed by atoms with E-state index < -0.39 is 0 Å². The second kappa shape index (κ2) is 8.65. The molecule has 142 valence electrons. The summed E-state index contributed by atoms with van der Waals surface area (Å²) in [5, 5.41) is 13.7. The zero-order valence-corrected chi connectivity index (χ0v) is 16.5. The number of aromatic nitrogens is 3. The summed E-state index contributed by atoms with van der Waals surface area (Å²) in [7, 11) is 1.90. The maximum absolute atomic E-state index is 13.1. The van der Waals surface area contributed by atoms with Gasteiger partial charge in [-0.25, -0.2) is 4.98 Å². The summed E-state index contributed by atoms with van der Waals surface area (Å²) in [5.41, 5.74) is 2.14. The van der Waals surface area contributed by atoms with Crippen molar-refractivity contribution in [3.8, 4) is 0 Å². The van der Waals surface area contributed by atoms with Crippen molar-refractivity contribution < 1.29 is 4.79 Å². The van der Waals surface area contributed by atoms with Crippen molar-refractivity contribution in [1.82, 2.24) is 25.4 Å². The fourth-order valence-corrected chi connectivity index (χ4v) is 4.21. The molecule has 27 heavy (non-hydrogen) atoms. The van der Waals surface area contributed by atoms with Crippen LogP contribution in [0.15, 0.2) is 54.3 Å². The average molecular weight is 404 g/mol. The predicted octanol–water partition coefficient (Wildman–Crippen LogP) is 2.51. The number of amides is 1. The summed E-state index contributed by atoms with van der Waals surface area (Å²) in [4.78, 5) is 17.5. The van der Waals surface area contributed by atoms with Gasteiger partial charge in [0.25, 0.3) is 0 Å². The van der Waals surface area contributed by atoms with Crippen LogP contribution in [0.3, 0.4) is 0 Å². The number of hydrogen-bond acceptors (Lipinski definition) is 5. The van der Waals surface area contributed by atoms with Gasteiger partial charge in [-0.1, -0.05) is 30.3 Å². The predicted molar refractivity (Wildman–Crippen MR) is 108 cm³/mol. The molecule has 3 aromatic rings. The van der Waals surface area contributed by atoms with Crippen molar-refractivity contribution in [3.05, 3.63) is 70.4 Å². The molecule has 0 bridgehead atoms. The third-order valence-electron chi connectivity index (χ3n) is 4.82. The maximum Gasteiger partial charge on any atom is 0.225 e. The van der Waals surface area contributed by atoms with Crippen LogP contribution in [0.25, 0.3) is 0 Å². The van der Waals surface area contributed by atoms with Gasteiger partial charge in [-0.15, -0.1) is 23.7 Å². The van der Waals surface area contributed by atoms with Gasteiger partial charge in [0, 0.05) is 43.8 Å². The van der Waals surface area contributed by atoms with Crippen LogP contribution in [0.4, 0.5) is 0 Å². The molecule has 4 rings (SSSR count). The van der Waals surface area contributed by atoms with Crippen molar-refractivity contribution in [2.75, 3.05) is 13.1 Å². The lowest BCUT2D eigenvalue weighted by Gasteiger charge is -2.22. The van der Waals surface area contributed by atoms with Crippen LogP contribution in [0, 0.1) is 5.92 Å². The maximum atomic E-state index is 13.1. The smallest absolute Gasteiger partial charge is 0.225 e. The summed E-state index contributed by atoms with van der Waals surface area (Å²) < 4.78 is 1.78. The van der Waals surface area contributed by atoms with Crippen LogP contribution >= 0.6 is 23.7 Å². The molecule has 2 aromatic heterocycles. The molecule has 3 heterocycles.